The van der Waals surface area contributed by atoms with Crippen LogP contribution in [0, 0.1) is 0 Å². The number of halogens is 1. The minimum absolute atomic E-state index is 0.150. The fraction of sp³-hybridized carbons (Fsp3) is 0.333. The van der Waals surface area contributed by atoms with Gasteiger partial charge in [0.15, 0.2) is 4.67 Å². The molecule has 1 amide bonds. The molecule has 2 N–H and O–H groups in total. The van der Waals surface area contributed by atoms with Crippen molar-refractivity contribution in [2.45, 2.75) is 13.1 Å². The summed E-state index contributed by atoms with van der Waals surface area (Å²) in [6.07, 6.45) is 3.31. The van der Waals surface area contributed by atoms with E-state index in [9.17, 15) is 4.79 Å². The molecule has 19 heavy (non-hydrogen) atoms. The number of furan rings is 1. The number of imidazole rings is 1. The summed E-state index contributed by atoms with van der Waals surface area (Å²) in [5.41, 5.74) is 5.85. The first-order chi connectivity index (χ1) is 9.10. The van der Waals surface area contributed by atoms with Crippen molar-refractivity contribution in [3.63, 3.8) is 0 Å². The maximum Gasteiger partial charge on any atom is 0.274 e. The van der Waals surface area contributed by atoms with Gasteiger partial charge in [0, 0.05) is 26.3 Å². The van der Waals surface area contributed by atoms with Crippen LogP contribution in [-0.4, -0.2) is 34.0 Å². The second kappa shape index (κ2) is 6.03. The number of nitrogens with two attached hydrogens (primary N) is 1. The molecule has 0 aliphatic heterocycles. The van der Waals surface area contributed by atoms with Gasteiger partial charge in [0.1, 0.15) is 11.5 Å². The molecule has 0 spiro atoms. The van der Waals surface area contributed by atoms with Crippen molar-refractivity contribution in [1.82, 2.24) is 14.5 Å². The standard InChI is InChI=1S/C12H15BrN4O2/c1-16(6-9-2-3-11(13)19-9)12(18)10-7-17(5-4-14)8-15-10/h2-3,7-8H,4-6,14H2,1H3. The van der Waals surface area contributed by atoms with Crippen molar-refractivity contribution >= 4 is 21.8 Å². The lowest BCUT2D eigenvalue weighted by molar-refractivity contribution is 0.0769. The molecule has 0 saturated carbocycles. The zero-order valence-electron chi connectivity index (χ0n) is 10.5. The fourth-order valence-electron chi connectivity index (χ4n) is 1.68. The van der Waals surface area contributed by atoms with E-state index in [1.807, 2.05) is 6.07 Å². The molecule has 102 valence electrons. The number of amides is 1. The van der Waals surface area contributed by atoms with Gasteiger partial charge < -0.3 is 19.6 Å². The molecule has 0 unspecified atom stereocenters. The fourth-order valence-corrected chi connectivity index (χ4v) is 2.02. The highest BCUT2D eigenvalue weighted by atomic mass is 79.9. The third-order valence-corrected chi connectivity index (χ3v) is 3.03. The van der Waals surface area contributed by atoms with Crippen LogP contribution in [0.4, 0.5) is 0 Å². The Hall–Kier alpha value is -1.60. The highest BCUT2D eigenvalue weighted by Gasteiger charge is 2.16. The topological polar surface area (TPSA) is 77.3 Å². The van der Waals surface area contributed by atoms with E-state index >= 15 is 0 Å². The zero-order chi connectivity index (χ0) is 13.8. The van der Waals surface area contributed by atoms with Gasteiger partial charge in [-0.1, -0.05) is 0 Å². The first-order valence-corrected chi connectivity index (χ1v) is 6.61. The van der Waals surface area contributed by atoms with E-state index in [0.29, 0.717) is 35.8 Å². The first kappa shape index (κ1) is 13.8. The summed E-state index contributed by atoms with van der Waals surface area (Å²) in [6, 6.07) is 3.62. The van der Waals surface area contributed by atoms with E-state index < -0.39 is 0 Å². The van der Waals surface area contributed by atoms with Crippen molar-refractivity contribution in [2.24, 2.45) is 5.73 Å². The van der Waals surface area contributed by atoms with Crippen LogP contribution >= 0.6 is 15.9 Å². The van der Waals surface area contributed by atoms with E-state index in [1.54, 1.807) is 35.1 Å². The van der Waals surface area contributed by atoms with E-state index in [-0.39, 0.29) is 5.91 Å². The minimum Gasteiger partial charge on any atom is -0.452 e. The number of nitrogens with zero attached hydrogens (tertiary/aromatic N) is 3. The molecule has 2 rings (SSSR count). The van der Waals surface area contributed by atoms with Crippen LogP contribution in [0.25, 0.3) is 0 Å². The maximum absolute atomic E-state index is 12.1. The molecule has 0 aromatic carbocycles. The highest BCUT2D eigenvalue weighted by molar-refractivity contribution is 9.10. The SMILES string of the molecule is CN(Cc1ccc(Br)o1)C(=O)c1cn(CCN)cn1. The number of hydrogen-bond donors (Lipinski definition) is 1. The third-order valence-electron chi connectivity index (χ3n) is 2.61. The third kappa shape index (κ3) is 3.45. The molecule has 0 aliphatic carbocycles. The molecule has 2 aromatic heterocycles. The molecule has 2 heterocycles. The van der Waals surface area contributed by atoms with Crippen molar-refractivity contribution < 1.29 is 9.21 Å². The molecular formula is C12H15BrN4O2. The van der Waals surface area contributed by atoms with Gasteiger partial charge in [-0.25, -0.2) is 4.98 Å². The van der Waals surface area contributed by atoms with E-state index in [2.05, 4.69) is 20.9 Å². The lowest BCUT2D eigenvalue weighted by Crippen LogP contribution is -2.26. The van der Waals surface area contributed by atoms with Crippen molar-refractivity contribution in [3.05, 3.63) is 40.8 Å². The van der Waals surface area contributed by atoms with Crippen molar-refractivity contribution in [3.8, 4) is 0 Å². The molecule has 2 aromatic rings. The maximum atomic E-state index is 12.1. The Morgan fingerprint density at radius 3 is 3.00 bits per heavy atom. The number of carbonyl (C=O) groups is 1. The minimum atomic E-state index is -0.150. The number of carbonyl (C=O) groups excluding carboxylic acids is 1. The summed E-state index contributed by atoms with van der Waals surface area (Å²) in [4.78, 5) is 17.8. The largest absolute Gasteiger partial charge is 0.452 e. The number of rotatable bonds is 5. The normalized spacial score (nSPS) is 10.7. The summed E-state index contributed by atoms with van der Waals surface area (Å²) in [7, 11) is 1.71. The Bertz CT molecular complexity index is 564. The Morgan fingerprint density at radius 1 is 1.58 bits per heavy atom. The Morgan fingerprint density at radius 2 is 2.37 bits per heavy atom. The van der Waals surface area contributed by atoms with Gasteiger partial charge in [0.05, 0.1) is 12.9 Å². The van der Waals surface area contributed by atoms with E-state index in [1.165, 1.54) is 0 Å². The molecule has 0 fully saturated rings. The Balaban J connectivity index is 2.01. The van der Waals surface area contributed by atoms with Gasteiger partial charge in [-0.3, -0.25) is 4.79 Å². The van der Waals surface area contributed by atoms with Gasteiger partial charge in [0.2, 0.25) is 0 Å². The van der Waals surface area contributed by atoms with Crippen LogP contribution in [0.15, 0.2) is 33.7 Å². The molecule has 0 radical (unpaired) electrons. The average Bonchev–Trinajstić information content (AvgIpc) is 2.98. The number of aromatic nitrogens is 2. The first-order valence-electron chi connectivity index (χ1n) is 5.81. The zero-order valence-corrected chi connectivity index (χ0v) is 12.1. The Kier molecular flexibility index (Phi) is 4.39. The molecule has 7 heteroatoms. The molecular weight excluding hydrogens is 312 g/mol. The van der Waals surface area contributed by atoms with Gasteiger partial charge in [0.25, 0.3) is 5.91 Å². The van der Waals surface area contributed by atoms with Crippen LogP contribution in [-0.2, 0) is 13.1 Å². The summed E-state index contributed by atoms with van der Waals surface area (Å²) < 4.78 is 7.81. The van der Waals surface area contributed by atoms with Crippen LogP contribution in [0.2, 0.25) is 0 Å². The quantitative estimate of drug-likeness (QED) is 0.902. The van der Waals surface area contributed by atoms with Gasteiger partial charge in [-0.15, -0.1) is 0 Å². The molecule has 0 aliphatic rings. The van der Waals surface area contributed by atoms with Crippen LogP contribution in [0.1, 0.15) is 16.2 Å². The summed E-state index contributed by atoms with van der Waals surface area (Å²) in [5, 5.41) is 0. The monoisotopic (exact) mass is 326 g/mol. The molecule has 6 nitrogen and oxygen atoms in total. The van der Waals surface area contributed by atoms with E-state index in [0.717, 1.165) is 0 Å². The lowest BCUT2D eigenvalue weighted by atomic mass is 10.3. The number of hydrogen-bond acceptors (Lipinski definition) is 4. The smallest absolute Gasteiger partial charge is 0.274 e. The van der Waals surface area contributed by atoms with Crippen molar-refractivity contribution in [1.29, 1.82) is 0 Å². The van der Waals surface area contributed by atoms with Crippen molar-refractivity contribution in [2.75, 3.05) is 13.6 Å². The van der Waals surface area contributed by atoms with E-state index in [4.69, 9.17) is 10.2 Å². The summed E-state index contributed by atoms with van der Waals surface area (Å²) in [5.74, 6) is 0.562. The van der Waals surface area contributed by atoms with Crippen LogP contribution in [0.3, 0.4) is 0 Å². The predicted octanol–water partition coefficient (Wildman–Crippen LogP) is 1.47. The average molecular weight is 327 g/mol. The Labute approximate surface area is 119 Å². The van der Waals surface area contributed by atoms with Gasteiger partial charge in [-0.05, 0) is 28.1 Å². The second-order valence-electron chi connectivity index (χ2n) is 4.15. The summed E-state index contributed by atoms with van der Waals surface area (Å²) >= 11 is 3.23. The molecule has 0 saturated heterocycles. The lowest BCUT2D eigenvalue weighted by Gasteiger charge is -2.13. The second-order valence-corrected chi connectivity index (χ2v) is 4.93. The van der Waals surface area contributed by atoms with Gasteiger partial charge >= 0.3 is 0 Å². The van der Waals surface area contributed by atoms with Crippen LogP contribution < -0.4 is 5.73 Å². The van der Waals surface area contributed by atoms with Crippen LogP contribution in [0.5, 0.6) is 0 Å². The predicted molar refractivity (Wildman–Crippen MR) is 73.5 cm³/mol. The summed E-state index contributed by atoms with van der Waals surface area (Å²) in [6.45, 7) is 1.56. The molecule has 0 atom stereocenters. The highest BCUT2D eigenvalue weighted by Crippen LogP contribution is 2.15. The van der Waals surface area contributed by atoms with Gasteiger partial charge in [-0.2, -0.15) is 0 Å². The molecule has 0 bridgehead atoms.